The van der Waals surface area contributed by atoms with Gasteiger partial charge in [0, 0.05) is 0 Å². The first-order chi connectivity index (χ1) is 5.58. The Labute approximate surface area is 86.1 Å². The molecule has 0 saturated carbocycles. The number of benzene rings is 1. The Bertz CT molecular complexity index is 284. The van der Waals surface area contributed by atoms with Crippen molar-refractivity contribution in [3.05, 3.63) is 35.9 Å². The summed E-state index contributed by atoms with van der Waals surface area (Å²) >= 11 is 0. The minimum absolute atomic E-state index is 0. The van der Waals surface area contributed by atoms with Gasteiger partial charge in [0.25, 0.3) is 0 Å². The van der Waals surface area contributed by atoms with E-state index in [0.717, 1.165) is 0 Å². The van der Waals surface area contributed by atoms with Crippen molar-refractivity contribution in [2.45, 2.75) is 6.61 Å². The first-order valence-corrected chi connectivity index (χ1v) is 4.74. The van der Waals surface area contributed by atoms with Gasteiger partial charge in [0.2, 0.25) is 0 Å². The van der Waals surface area contributed by atoms with Gasteiger partial charge in [-0.2, -0.15) is 0 Å². The van der Waals surface area contributed by atoms with E-state index in [0.29, 0.717) is 5.56 Å². The molecule has 6 heteroatoms. The van der Waals surface area contributed by atoms with E-state index in [-0.39, 0.29) is 23.1 Å². The maximum absolute atomic E-state index is 10.1. The molecule has 0 aromatic heterocycles. The van der Waals surface area contributed by atoms with Gasteiger partial charge in [-0.3, -0.25) is 0 Å². The Morgan fingerprint density at radius 1 is 1.23 bits per heavy atom. The fourth-order valence-corrected chi connectivity index (χ4v) is 1.04. The summed E-state index contributed by atoms with van der Waals surface area (Å²) in [6, 6.07) is 8.61. The van der Waals surface area contributed by atoms with Gasteiger partial charge in [-0.05, 0) is 5.56 Å². The molecule has 0 bridgehead atoms. The molecule has 0 fully saturated rings. The van der Waals surface area contributed by atoms with Gasteiger partial charge in [-0.1, -0.05) is 30.3 Å². The van der Waals surface area contributed by atoms with Crippen LogP contribution in [0.5, 0.6) is 0 Å². The Morgan fingerprint density at radius 3 is 2.23 bits per heavy atom. The Morgan fingerprint density at radius 2 is 1.77 bits per heavy atom. The molecule has 1 aromatic rings. The summed E-state index contributed by atoms with van der Waals surface area (Å²) in [6.45, 7) is -0.189. The van der Waals surface area contributed by atoms with E-state index in [1.165, 1.54) is 0 Å². The van der Waals surface area contributed by atoms with E-state index in [9.17, 15) is 14.4 Å². The predicted octanol–water partition coefficient (Wildman–Crippen LogP) is 0.0294. The molecule has 0 aliphatic rings. The molecule has 0 radical (unpaired) electrons. The summed E-state index contributed by atoms with van der Waals surface area (Å²) in [4.78, 5) is 20.1. The molecule has 0 saturated heterocycles. The van der Waals surface area contributed by atoms with Crippen molar-refractivity contribution in [1.29, 1.82) is 0 Å². The Balaban J connectivity index is 0.00000144. The number of hydrogen-bond acceptors (Lipinski definition) is 4. The van der Waals surface area contributed by atoms with Gasteiger partial charge in [-0.15, -0.1) is 0 Å². The van der Waals surface area contributed by atoms with Crippen LogP contribution in [0.15, 0.2) is 30.3 Å². The van der Waals surface area contributed by atoms with Crippen molar-refractivity contribution in [3.8, 4) is 0 Å². The summed E-state index contributed by atoms with van der Waals surface area (Å²) in [5, 5.41) is 0. The van der Waals surface area contributed by atoms with Crippen LogP contribution in [0.3, 0.4) is 0 Å². The Kier molecular flexibility index (Phi) is 5.46. The zero-order valence-corrected chi connectivity index (χ0v) is 8.37. The van der Waals surface area contributed by atoms with Gasteiger partial charge in [0.15, 0.2) is 0 Å². The minimum atomic E-state index is -4.83. The predicted molar refractivity (Wildman–Crippen MR) is 38.8 cm³/mol. The molecule has 0 unspecified atom stereocenters. The van der Waals surface area contributed by atoms with E-state index in [4.69, 9.17) is 0 Å². The van der Waals surface area contributed by atoms with Gasteiger partial charge < -0.3 is 18.9 Å². The van der Waals surface area contributed by atoms with Gasteiger partial charge in [0.05, 0.1) is 14.4 Å². The standard InChI is InChI=1S/C7H9O4P.Ni/c8-12(9,10)11-6-7-4-2-1-3-5-7;/h1-5H,6H2,(H2,8,9,10);/q;+2/p-2. The van der Waals surface area contributed by atoms with Crippen LogP contribution in [0, 0.1) is 0 Å². The van der Waals surface area contributed by atoms with Gasteiger partial charge in [0.1, 0.15) is 0 Å². The third kappa shape index (κ3) is 5.97. The van der Waals surface area contributed by atoms with Gasteiger partial charge >= 0.3 is 16.5 Å². The van der Waals surface area contributed by atoms with E-state index in [2.05, 4.69) is 4.52 Å². The van der Waals surface area contributed by atoms with E-state index < -0.39 is 7.82 Å². The number of hydrogen-bond donors (Lipinski definition) is 0. The second-order valence-electron chi connectivity index (χ2n) is 2.21. The molecule has 0 atom stereocenters. The smallest absolute Gasteiger partial charge is 0.790 e. The van der Waals surface area contributed by atoms with Crippen molar-refractivity contribution in [1.82, 2.24) is 0 Å². The third-order valence-corrected chi connectivity index (χ3v) is 1.68. The average Bonchev–Trinajstić information content (AvgIpc) is 2.02. The van der Waals surface area contributed by atoms with Crippen LogP contribution in [0.1, 0.15) is 5.56 Å². The molecular formula is C7H7NiO4P. The third-order valence-electron chi connectivity index (χ3n) is 1.23. The monoisotopic (exact) mass is 244 g/mol. The van der Waals surface area contributed by atoms with Crippen LogP contribution in [-0.2, 0) is 32.2 Å². The van der Waals surface area contributed by atoms with E-state index >= 15 is 0 Å². The quantitative estimate of drug-likeness (QED) is 0.556. The van der Waals surface area contributed by atoms with Crippen LogP contribution in [0.25, 0.3) is 0 Å². The van der Waals surface area contributed by atoms with Crippen LogP contribution in [0.2, 0.25) is 0 Å². The zero-order chi connectivity index (χ0) is 9.03. The average molecular weight is 245 g/mol. The molecule has 0 spiro atoms. The molecule has 0 N–H and O–H groups in total. The normalized spacial score (nSPS) is 10.6. The number of phosphoric acid groups is 1. The van der Waals surface area contributed by atoms with Crippen molar-refractivity contribution >= 4 is 7.82 Å². The van der Waals surface area contributed by atoms with Crippen LogP contribution < -0.4 is 9.79 Å². The topological polar surface area (TPSA) is 72.4 Å². The molecule has 0 aliphatic heterocycles. The fourth-order valence-electron chi connectivity index (χ4n) is 0.728. The van der Waals surface area contributed by atoms with Crippen molar-refractivity contribution in [3.63, 3.8) is 0 Å². The van der Waals surface area contributed by atoms with Crippen LogP contribution >= 0.6 is 7.82 Å². The maximum Gasteiger partial charge on any atom is 2.00 e. The largest absolute Gasteiger partial charge is 2.00 e. The van der Waals surface area contributed by atoms with Crippen molar-refractivity contribution in [2.75, 3.05) is 0 Å². The summed E-state index contributed by atoms with van der Waals surface area (Å²) in [5.41, 5.74) is 0.657. The second-order valence-corrected chi connectivity index (χ2v) is 3.36. The first kappa shape index (κ1) is 12.8. The summed E-state index contributed by atoms with van der Waals surface area (Å²) in [6.07, 6.45) is 0. The summed E-state index contributed by atoms with van der Waals surface area (Å²) < 4.78 is 14.1. The van der Waals surface area contributed by atoms with E-state index in [1.807, 2.05) is 0 Å². The van der Waals surface area contributed by atoms with E-state index in [1.54, 1.807) is 30.3 Å². The summed E-state index contributed by atoms with van der Waals surface area (Å²) in [7, 11) is -4.83. The number of rotatable bonds is 3. The molecule has 13 heavy (non-hydrogen) atoms. The van der Waals surface area contributed by atoms with Gasteiger partial charge in [-0.25, -0.2) is 0 Å². The molecule has 1 rings (SSSR count). The molecular weight excluding hydrogens is 238 g/mol. The SMILES string of the molecule is O=P([O-])([O-])OCc1ccccc1.[Ni+2]. The van der Waals surface area contributed by atoms with Crippen LogP contribution in [0.4, 0.5) is 0 Å². The molecule has 0 amide bonds. The summed E-state index contributed by atoms with van der Waals surface area (Å²) in [5.74, 6) is 0. The molecule has 4 nitrogen and oxygen atoms in total. The van der Waals surface area contributed by atoms with Crippen molar-refractivity contribution in [2.24, 2.45) is 0 Å². The minimum Gasteiger partial charge on any atom is -0.790 e. The number of phosphoric ester groups is 1. The Hall–Kier alpha value is -0.176. The first-order valence-electron chi connectivity index (χ1n) is 3.28. The molecule has 74 valence electrons. The fraction of sp³-hybridized carbons (Fsp3) is 0.143. The molecule has 0 heterocycles. The molecule has 0 aliphatic carbocycles. The second kappa shape index (κ2) is 5.53. The van der Waals surface area contributed by atoms with Crippen LogP contribution in [-0.4, -0.2) is 0 Å². The molecule has 1 aromatic carbocycles. The maximum atomic E-state index is 10.1. The zero-order valence-electron chi connectivity index (χ0n) is 6.49. The van der Waals surface area contributed by atoms with Crippen molar-refractivity contribution < 1.29 is 35.4 Å².